The third kappa shape index (κ3) is 6.44. The van der Waals surface area contributed by atoms with Gasteiger partial charge in [0, 0.05) is 18.5 Å². The molecular weight excluding hydrogens is 558 g/mol. The highest BCUT2D eigenvalue weighted by molar-refractivity contribution is 6.07. The Morgan fingerprint density at radius 1 is 0.902 bits per heavy atom. The van der Waals surface area contributed by atoms with Gasteiger partial charge in [-0.05, 0) is 74.1 Å². The number of hydrogen-bond donors (Lipinski definition) is 0. The van der Waals surface area contributed by atoms with Gasteiger partial charge in [-0.15, -0.1) is 0 Å². The highest BCUT2D eigenvalue weighted by atomic mass is 19.4. The fourth-order valence-corrected chi connectivity index (χ4v) is 4.36. The van der Waals surface area contributed by atoms with E-state index in [2.05, 4.69) is 0 Å². The Labute approximate surface area is 230 Å². The number of ketones is 1. The van der Waals surface area contributed by atoms with Gasteiger partial charge < -0.3 is 4.90 Å². The Kier molecular flexibility index (Phi) is 8.03. The van der Waals surface area contributed by atoms with Crippen LogP contribution in [0.5, 0.6) is 0 Å². The second-order valence-corrected chi connectivity index (χ2v) is 10.3. The van der Waals surface area contributed by atoms with Crippen molar-refractivity contribution in [3.63, 3.8) is 0 Å². The lowest BCUT2D eigenvalue weighted by Crippen LogP contribution is -2.35. The molecule has 0 spiro atoms. The lowest BCUT2D eigenvalue weighted by molar-refractivity contribution is -0.228. The number of hydrogen-bond acceptors (Lipinski definition) is 2. The van der Waals surface area contributed by atoms with Crippen molar-refractivity contribution in [3.05, 3.63) is 99.9 Å². The second kappa shape index (κ2) is 10.9. The Morgan fingerprint density at radius 3 is 2.10 bits per heavy atom. The van der Waals surface area contributed by atoms with Gasteiger partial charge in [0.2, 0.25) is 5.67 Å². The number of carbonyl (C=O) groups is 2. The molecule has 11 heteroatoms. The molecule has 1 atom stereocenters. The predicted octanol–water partition coefficient (Wildman–Crippen LogP) is 8.38. The summed E-state index contributed by atoms with van der Waals surface area (Å²) in [6.45, 7) is 2.09. The molecule has 1 unspecified atom stereocenters. The van der Waals surface area contributed by atoms with Gasteiger partial charge in [0.15, 0.2) is 11.6 Å². The summed E-state index contributed by atoms with van der Waals surface area (Å²) in [4.78, 5) is 27.6. The Balaban J connectivity index is 1.69. The van der Waals surface area contributed by atoms with Crippen molar-refractivity contribution in [1.29, 1.82) is 0 Å². The molecule has 1 aliphatic rings. The molecule has 1 saturated carbocycles. The van der Waals surface area contributed by atoms with Gasteiger partial charge in [-0.1, -0.05) is 35.9 Å². The number of alkyl halides is 7. The number of Topliss-reactive ketones (excluding diaryl/α,β-unsaturated/α-hetero) is 1. The van der Waals surface area contributed by atoms with Crippen molar-refractivity contribution in [1.82, 2.24) is 0 Å². The molecule has 0 bridgehead atoms. The van der Waals surface area contributed by atoms with Gasteiger partial charge in [0.05, 0.1) is 16.8 Å². The smallest absolute Gasteiger partial charge is 0.305 e. The van der Waals surface area contributed by atoms with Crippen molar-refractivity contribution in [3.8, 4) is 0 Å². The molecular formula is C30H25F8NO2. The Hall–Kier alpha value is -3.76. The molecule has 41 heavy (non-hydrogen) atoms. The number of nitrogens with zero attached hydrogens (tertiary/aromatic N) is 1. The van der Waals surface area contributed by atoms with Gasteiger partial charge in [-0.3, -0.25) is 9.59 Å². The molecule has 0 heterocycles. The minimum atomic E-state index is -5.49. The summed E-state index contributed by atoms with van der Waals surface area (Å²) in [7, 11) is 0. The molecule has 0 N–H and O–H groups in total. The maximum Gasteiger partial charge on any atom is 0.426 e. The maximum absolute atomic E-state index is 15.8. The Bertz CT molecular complexity index is 1450. The summed E-state index contributed by atoms with van der Waals surface area (Å²) in [6, 6.07) is 11.3. The van der Waals surface area contributed by atoms with Gasteiger partial charge in [-0.25, -0.2) is 8.78 Å². The average Bonchev–Trinajstić information content (AvgIpc) is 3.71. The van der Waals surface area contributed by atoms with Gasteiger partial charge in [0.1, 0.15) is 0 Å². The molecule has 1 fully saturated rings. The molecule has 3 aromatic rings. The van der Waals surface area contributed by atoms with Crippen LogP contribution in [-0.4, -0.2) is 24.4 Å². The fourth-order valence-electron chi connectivity index (χ4n) is 4.36. The van der Waals surface area contributed by atoms with Crippen LogP contribution >= 0.6 is 0 Å². The van der Waals surface area contributed by atoms with E-state index in [1.807, 2.05) is 6.92 Å². The minimum absolute atomic E-state index is 0.0144. The topological polar surface area (TPSA) is 37.4 Å². The number of anilines is 1. The molecule has 1 aliphatic carbocycles. The van der Waals surface area contributed by atoms with Crippen molar-refractivity contribution < 1.29 is 44.7 Å². The minimum Gasteiger partial charge on any atom is -0.305 e. The zero-order valence-electron chi connectivity index (χ0n) is 22.0. The number of halogens is 8. The van der Waals surface area contributed by atoms with Gasteiger partial charge in [0.25, 0.3) is 5.91 Å². The van der Waals surface area contributed by atoms with Crippen molar-refractivity contribution in [2.45, 2.75) is 51.1 Å². The second-order valence-electron chi connectivity index (χ2n) is 10.3. The largest absolute Gasteiger partial charge is 0.426 e. The van der Waals surface area contributed by atoms with Gasteiger partial charge in [-0.2, -0.15) is 26.3 Å². The van der Waals surface area contributed by atoms with E-state index < -0.39 is 64.2 Å². The van der Waals surface area contributed by atoms with Crippen molar-refractivity contribution in [2.75, 3.05) is 11.4 Å². The molecule has 1 amide bonds. The Morgan fingerprint density at radius 2 is 1.54 bits per heavy atom. The third-order valence-corrected chi connectivity index (χ3v) is 7.09. The molecule has 0 saturated heterocycles. The maximum atomic E-state index is 15.8. The number of aryl methyl sites for hydroxylation is 1. The van der Waals surface area contributed by atoms with Crippen LogP contribution in [0.15, 0.2) is 60.7 Å². The quantitative estimate of drug-likeness (QED) is 0.197. The average molecular weight is 584 g/mol. The monoisotopic (exact) mass is 583 g/mol. The van der Waals surface area contributed by atoms with Crippen LogP contribution in [0.2, 0.25) is 0 Å². The number of rotatable bonds is 8. The van der Waals surface area contributed by atoms with E-state index in [9.17, 15) is 40.3 Å². The van der Waals surface area contributed by atoms with Crippen LogP contribution in [0.25, 0.3) is 0 Å². The molecule has 0 aliphatic heterocycles. The predicted molar refractivity (Wildman–Crippen MR) is 136 cm³/mol. The summed E-state index contributed by atoms with van der Waals surface area (Å²) in [5.74, 6) is -2.61. The van der Waals surface area contributed by atoms with Crippen LogP contribution in [0, 0.1) is 18.7 Å². The van der Waals surface area contributed by atoms with Crippen LogP contribution in [0.1, 0.15) is 62.7 Å². The molecule has 0 radical (unpaired) electrons. The highest BCUT2D eigenvalue weighted by Crippen LogP contribution is 2.44. The number of carbonyl (C=O) groups excluding carboxylic acids is 2. The molecule has 0 aromatic heterocycles. The van der Waals surface area contributed by atoms with Crippen LogP contribution in [-0.2, 0) is 18.3 Å². The van der Waals surface area contributed by atoms with Crippen molar-refractivity contribution >= 4 is 17.4 Å². The fraction of sp³-hybridized carbons (Fsp3) is 0.333. The summed E-state index contributed by atoms with van der Waals surface area (Å²) < 4.78 is 111. The van der Waals surface area contributed by atoms with Crippen molar-refractivity contribution in [2.24, 2.45) is 5.92 Å². The summed E-state index contributed by atoms with van der Waals surface area (Å²) in [6.07, 6.45) is -10.1. The molecule has 4 rings (SSSR count). The van der Waals surface area contributed by atoms with Crippen LogP contribution in [0.3, 0.4) is 0 Å². The molecule has 218 valence electrons. The van der Waals surface area contributed by atoms with E-state index in [4.69, 9.17) is 0 Å². The van der Waals surface area contributed by atoms with E-state index in [1.54, 1.807) is 24.3 Å². The first-order valence-corrected chi connectivity index (χ1v) is 12.7. The first-order valence-electron chi connectivity index (χ1n) is 12.7. The zero-order chi connectivity index (χ0) is 30.3. The number of amides is 1. The van der Waals surface area contributed by atoms with E-state index in [1.165, 1.54) is 17.0 Å². The first kappa shape index (κ1) is 30.2. The van der Waals surface area contributed by atoms with Gasteiger partial charge >= 0.3 is 12.4 Å². The third-order valence-electron chi connectivity index (χ3n) is 7.09. The van der Waals surface area contributed by atoms with E-state index in [0.717, 1.165) is 24.5 Å². The summed E-state index contributed by atoms with van der Waals surface area (Å²) in [5, 5.41) is 0. The standard InChI is InChI=1S/C30H25F8NO2/c1-17-6-10-19(11-7-17)27(41)39(16-18-8-9-18)24-5-3-4-22(26(24)31)25(40)14-20-12-13-21(15-23(20)29(33,34)35)28(2,32)30(36,37)38/h3-7,10-13,15,18H,8-9,14,16H2,1-2H3. The van der Waals surface area contributed by atoms with E-state index in [0.29, 0.717) is 12.1 Å². The zero-order valence-corrected chi connectivity index (χ0v) is 22.0. The molecule has 3 aromatic carbocycles. The molecule has 3 nitrogen and oxygen atoms in total. The van der Waals surface area contributed by atoms with Crippen LogP contribution < -0.4 is 4.90 Å². The first-order chi connectivity index (χ1) is 19.0. The summed E-state index contributed by atoms with van der Waals surface area (Å²) >= 11 is 0. The summed E-state index contributed by atoms with van der Waals surface area (Å²) in [5.41, 5.74) is -7.40. The SMILES string of the molecule is Cc1ccc(C(=O)N(CC2CC2)c2cccc(C(=O)Cc3ccc(C(C)(F)C(F)(F)F)cc3C(F)(F)F)c2F)cc1. The highest BCUT2D eigenvalue weighted by Gasteiger charge is 2.54. The lowest BCUT2D eigenvalue weighted by Gasteiger charge is -2.25. The van der Waals surface area contributed by atoms with E-state index in [-0.39, 0.29) is 36.7 Å². The van der Waals surface area contributed by atoms with E-state index >= 15 is 4.39 Å². The normalized spacial score (nSPS) is 15.4. The number of benzene rings is 3. The lowest BCUT2D eigenvalue weighted by atomic mass is 9.90. The van der Waals surface area contributed by atoms with Crippen LogP contribution in [0.4, 0.5) is 40.8 Å².